The maximum Gasteiger partial charge on any atom is 0.227 e. The zero-order valence-electron chi connectivity index (χ0n) is 17.6. The van der Waals surface area contributed by atoms with Crippen molar-refractivity contribution in [3.63, 3.8) is 0 Å². The molecule has 0 atom stereocenters. The summed E-state index contributed by atoms with van der Waals surface area (Å²) < 4.78 is 11.9. The molecule has 0 saturated heterocycles. The molecule has 1 fully saturated rings. The van der Waals surface area contributed by atoms with E-state index in [0.29, 0.717) is 37.7 Å². The molecule has 7 heteroatoms. The average Bonchev–Trinajstić information content (AvgIpc) is 3.21. The van der Waals surface area contributed by atoms with Crippen molar-refractivity contribution in [1.82, 2.24) is 15.5 Å². The van der Waals surface area contributed by atoms with Gasteiger partial charge in [-0.05, 0) is 61.7 Å². The van der Waals surface area contributed by atoms with E-state index < -0.39 is 0 Å². The van der Waals surface area contributed by atoms with E-state index in [1.54, 1.807) is 0 Å². The zero-order chi connectivity index (χ0) is 21.7. The van der Waals surface area contributed by atoms with Crippen molar-refractivity contribution in [2.45, 2.75) is 44.4 Å². The Kier molecular flexibility index (Phi) is 6.70. The summed E-state index contributed by atoms with van der Waals surface area (Å²) in [7, 11) is 0. The molecule has 1 aromatic heterocycles. The van der Waals surface area contributed by atoms with Crippen LogP contribution in [0.5, 0.6) is 5.75 Å². The predicted octanol–water partition coefficient (Wildman–Crippen LogP) is 5.07. The van der Waals surface area contributed by atoms with Crippen molar-refractivity contribution >= 4 is 21.8 Å². The molecule has 0 aliphatic heterocycles. The number of aromatic nitrogens is 2. The first-order chi connectivity index (χ1) is 15.1. The zero-order valence-corrected chi connectivity index (χ0v) is 19.2. The molecule has 1 N–H and O–H groups in total. The summed E-state index contributed by atoms with van der Waals surface area (Å²) in [6.45, 7) is 3.23. The molecule has 1 saturated carbocycles. The number of nitrogens with one attached hydrogen (secondary N) is 1. The Morgan fingerprint density at radius 3 is 2.71 bits per heavy atom. The Morgan fingerprint density at radius 1 is 1.23 bits per heavy atom. The van der Waals surface area contributed by atoms with Crippen molar-refractivity contribution in [1.29, 1.82) is 0 Å². The number of amides is 1. The van der Waals surface area contributed by atoms with E-state index in [9.17, 15) is 4.79 Å². The normalized spacial score (nSPS) is 14.6. The van der Waals surface area contributed by atoms with E-state index in [1.165, 1.54) is 12.0 Å². The summed E-state index contributed by atoms with van der Waals surface area (Å²) >= 11 is 3.55. The molecule has 0 spiro atoms. The van der Waals surface area contributed by atoms with E-state index in [0.717, 1.165) is 28.6 Å². The van der Waals surface area contributed by atoms with Gasteiger partial charge >= 0.3 is 0 Å². The summed E-state index contributed by atoms with van der Waals surface area (Å²) in [5.41, 5.74) is 2.18. The van der Waals surface area contributed by atoms with Crippen LogP contribution in [0.15, 0.2) is 57.5 Å². The second-order valence-corrected chi connectivity index (χ2v) is 8.81. The molecule has 1 amide bonds. The van der Waals surface area contributed by atoms with Crippen molar-refractivity contribution in [2.24, 2.45) is 0 Å². The monoisotopic (exact) mass is 483 g/mol. The van der Waals surface area contributed by atoms with Gasteiger partial charge in [0.15, 0.2) is 0 Å². The van der Waals surface area contributed by atoms with Gasteiger partial charge in [-0.3, -0.25) is 4.79 Å². The molecular weight excluding hydrogens is 458 g/mol. The van der Waals surface area contributed by atoms with Crippen LogP contribution in [0.1, 0.15) is 44.1 Å². The van der Waals surface area contributed by atoms with Crippen LogP contribution in [-0.4, -0.2) is 29.2 Å². The lowest BCUT2D eigenvalue weighted by Gasteiger charge is -2.42. The van der Waals surface area contributed by atoms with E-state index >= 15 is 0 Å². The largest absolute Gasteiger partial charge is 0.494 e. The third-order valence-corrected chi connectivity index (χ3v) is 6.32. The highest BCUT2D eigenvalue weighted by Gasteiger charge is 2.38. The van der Waals surface area contributed by atoms with Gasteiger partial charge in [0.05, 0.1) is 6.61 Å². The fourth-order valence-electron chi connectivity index (χ4n) is 3.91. The Bertz CT molecular complexity index is 1030. The summed E-state index contributed by atoms with van der Waals surface area (Å²) in [6.07, 6.45) is 4.12. The number of ether oxygens (including phenoxy) is 1. The van der Waals surface area contributed by atoms with Crippen LogP contribution in [0, 0.1) is 0 Å². The van der Waals surface area contributed by atoms with Gasteiger partial charge < -0.3 is 14.6 Å². The number of carbonyl (C=O) groups is 1. The van der Waals surface area contributed by atoms with Crippen LogP contribution in [0.4, 0.5) is 0 Å². The van der Waals surface area contributed by atoms with Crippen LogP contribution in [0.25, 0.3) is 11.4 Å². The Hall–Kier alpha value is -2.67. The molecule has 3 aromatic rings. The summed E-state index contributed by atoms with van der Waals surface area (Å²) in [5, 5.41) is 7.14. The lowest BCUT2D eigenvalue weighted by molar-refractivity contribution is -0.121. The minimum Gasteiger partial charge on any atom is -0.494 e. The summed E-state index contributed by atoms with van der Waals surface area (Å²) in [4.78, 5) is 16.9. The second kappa shape index (κ2) is 9.64. The van der Waals surface area contributed by atoms with Crippen molar-refractivity contribution in [3.05, 3.63) is 64.5 Å². The number of hydrogen-bond acceptors (Lipinski definition) is 5. The highest BCUT2D eigenvalue weighted by Crippen LogP contribution is 2.43. The fourth-order valence-corrected chi connectivity index (χ4v) is 4.31. The maximum atomic E-state index is 12.5. The first-order valence-electron chi connectivity index (χ1n) is 10.7. The number of rotatable bonds is 9. The molecule has 1 aliphatic carbocycles. The predicted molar refractivity (Wildman–Crippen MR) is 122 cm³/mol. The molecular formula is C24H26BrN3O3. The number of halogens is 1. The summed E-state index contributed by atoms with van der Waals surface area (Å²) in [5.74, 6) is 1.78. The van der Waals surface area contributed by atoms with E-state index in [4.69, 9.17) is 9.26 Å². The average molecular weight is 484 g/mol. The summed E-state index contributed by atoms with van der Waals surface area (Å²) in [6, 6.07) is 15.9. The van der Waals surface area contributed by atoms with Crippen LogP contribution in [0.2, 0.25) is 0 Å². The molecule has 0 bridgehead atoms. The topological polar surface area (TPSA) is 77.2 Å². The minimum absolute atomic E-state index is 0.00193. The van der Waals surface area contributed by atoms with Gasteiger partial charge in [0.1, 0.15) is 5.75 Å². The molecule has 6 nitrogen and oxygen atoms in total. The lowest BCUT2D eigenvalue weighted by Crippen LogP contribution is -2.45. The molecule has 1 aliphatic rings. The van der Waals surface area contributed by atoms with Crippen LogP contribution in [0.3, 0.4) is 0 Å². The number of hydrogen-bond donors (Lipinski definition) is 1. The number of benzene rings is 2. The van der Waals surface area contributed by atoms with Crippen LogP contribution < -0.4 is 10.1 Å². The first-order valence-corrected chi connectivity index (χ1v) is 11.5. The maximum absolute atomic E-state index is 12.5. The van der Waals surface area contributed by atoms with Crippen LogP contribution in [-0.2, 0) is 16.6 Å². The fraction of sp³-hybridized carbons (Fsp3) is 0.375. The standard InChI is InChI=1S/C24H26BrN3O3/c1-2-30-20-9-7-17(8-10-20)23-27-22(31-28-23)12-11-21(29)26-16-24(13-4-14-24)18-5-3-6-19(25)15-18/h3,5-10,15H,2,4,11-14,16H2,1H3,(H,26,29). The van der Waals surface area contributed by atoms with Crippen LogP contribution >= 0.6 is 15.9 Å². The van der Waals surface area contributed by atoms with Gasteiger partial charge in [-0.1, -0.05) is 39.6 Å². The smallest absolute Gasteiger partial charge is 0.227 e. The van der Waals surface area contributed by atoms with Crippen molar-refractivity contribution in [3.8, 4) is 17.1 Å². The number of carbonyl (C=O) groups excluding carboxylic acids is 1. The quantitative estimate of drug-likeness (QED) is 0.459. The molecule has 162 valence electrons. The van der Waals surface area contributed by atoms with Gasteiger partial charge in [0, 0.05) is 34.8 Å². The molecule has 31 heavy (non-hydrogen) atoms. The van der Waals surface area contributed by atoms with Gasteiger partial charge in [0.2, 0.25) is 17.6 Å². The SMILES string of the molecule is CCOc1ccc(-c2noc(CCC(=O)NCC3(c4cccc(Br)c4)CCC3)n2)cc1. The number of aryl methyl sites for hydroxylation is 1. The Balaban J connectivity index is 1.29. The Morgan fingerprint density at radius 2 is 2.03 bits per heavy atom. The second-order valence-electron chi connectivity index (χ2n) is 7.89. The van der Waals surface area contributed by atoms with Gasteiger partial charge in [0.25, 0.3) is 0 Å². The number of nitrogens with zero attached hydrogens (tertiary/aromatic N) is 2. The highest BCUT2D eigenvalue weighted by molar-refractivity contribution is 9.10. The van der Waals surface area contributed by atoms with Gasteiger partial charge in [-0.15, -0.1) is 0 Å². The van der Waals surface area contributed by atoms with Gasteiger partial charge in [-0.25, -0.2) is 0 Å². The highest BCUT2D eigenvalue weighted by atomic mass is 79.9. The molecule has 0 radical (unpaired) electrons. The first kappa shape index (κ1) is 21.6. The van der Waals surface area contributed by atoms with E-state index in [-0.39, 0.29) is 11.3 Å². The lowest BCUT2D eigenvalue weighted by atomic mass is 9.64. The van der Waals surface area contributed by atoms with E-state index in [2.05, 4.69) is 49.6 Å². The molecule has 4 rings (SSSR count). The Labute approximate surface area is 190 Å². The van der Waals surface area contributed by atoms with Crippen molar-refractivity contribution < 1.29 is 14.1 Å². The molecule has 1 heterocycles. The molecule has 2 aromatic carbocycles. The third kappa shape index (κ3) is 5.15. The van der Waals surface area contributed by atoms with E-state index in [1.807, 2.05) is 37.3 Å². The minimum atomic E-state index is 0.00193. The van der Waals surface area contributed by atoms with Crippen molar-refractivity contribution in [2.75, 3.05) is 13.2 Å². The third-order valence-electron chi connectivity index (χ3n) is 5.83. The molecule has 0 unspecified atom stereocenters. The van der Waals surface area contributed by atoms with Gasteiger partial charge in [-0.2, -0.15) is 4.98 Å².